The van der Waals surface area contributed by atoms with Crippen LogP contribution in [0, 0.1) is 0 Å². The lowest BCUT2D eigenvalue weighted by Crippen LogP contribution is -2.28. The Balaban J connectivity index is 0.000000310. The zero-order valence-electron chi connectivity index (χ0n) is 35.0. The average molecular weight is 807 g/mol. The number of benzene rings is 9. The van der Waals surface area contributed by atoms with Crippen LogP contribution >= 0.6 is 0 Å². The number of nitrogen functional groups attached to an aromatic ring is 1. The van der Waals surface area contributed by atoms with Gasteiger partial charge in [0, 0.05) is 22.1 Å². The molecule has 0 spiro atoms. The van der Waals surface area contributed by atoms with Gasteiger partial charge in [0.25, 0.3) is 0 Å². The minimum atomic E-state index is -0.423. The lowest BCUT2D eigenvalue weighted by Gasteiger charge is -2.34. The van der Waals surface area contributed by atoms with Crippen molar-refractivity contribution in [3.8, 4) is 27.9 Å². The van der Waals surface area contributed by atoms with Gasteiger partial charge in [-0.2, -0.15) is 0 Å². The molecule has 0 amide bonds. The van der Waals surface area contributed by atoms with Gasteiger partial charge in [0.05, 0.1) is 16.4 Å². The Labute approximate surface area is 369 Å². The lowest BCUT2D eigenvalue weighted by atomic mass is 9.67. The Morgan fingerprint density at radius 3 is 1.75 bits per heavy atom. The van der Waals surface area contributed by atoms with Crippen LogP contribution in [0.15, 0.2) is 255 Å². The molecule has 2 nitrogen and oxygen atoms in total. The number of hydrogen-bond acceptors (Lipinski definition) is 1. The van der Waals surface area contributed by atoms with Gasteiger partial charge >= 0.3 is 0 Å². The molecule has 1 aromatic heterocycles. The summed E-state index contributed by atoms with van der Waals surface area (Å²) in [5.74, 6) is 0. The van der Waals surface area contributed by atoms with Crippen molar-refractivity contribution in [1.82, 2.24) is 4.57 Å². The molecule has 10 aromatic rings. The molecule has 1 aliphatic rings. The summed E-state index contributed by atoms with van der Waals surface area (Å²) in [5, 5.41) is 2.49. The van der Waals surface area contributed by atoms with Crippen LogP contribution in [0.4, 0.5) is 5.69 Å². The van der Waals surface area contributed by atoms with E-state index in [-0.39, 0.29) is 0 Å². The number of anilines is 1. The second-order valence-electron chi connectivity index (χ2n) is 15.9. The standard InChI is InChI=1S/C49H35N.C12H11N/c1-2-16-36(37-31-32-44-43-25-11-14-28-47(43)50(48(44)34-37)40-21-7-4-8-22-40)30-29-35-17-15-20-39(33-35)49(38-18-5-3-6-19-38)45-26-12-9-23-41(45)42-24-10-13-27-46(42)49;13-12-8-6-11(7-9-12)10-4-2-1-3-5-10/h2-34H,1H2;1-9H,13H2/b30-29-,36-16+;. The Morgan fingerprint density at radius 1 is 0.476 bits per heavy atom. The van der Waals surface area contributed by atoms with Gasteiger partial charge in [0.2, 0.25) is 0 Å². The maximum atomic E-state index is 5.60. The molecule has 300 valence electrons. The molecule has 9 aromatic carbocycles. The fourth-order valence-corrected chi connectivity index (χ4v) is 9.46. The number of nitrogens with zero attached hydrogens (tertiary/aromatic N) is 1. The van der Waals surface area contributed by atoms with E-state index in [4.69, 9.17) is 5.73 Å². The minimum Gasteiger partial charge on any atom is -0.399 e. The summed E-state index contributed by atoms with van der Waals surface area (Å²) >= 11 is 0. The molecular formula is C61H46N2. The SMILES string of the molecule is C=C/C=C(\C=C/c1cccc(C2(c3ccccc3)c3ccccc3-c3ccccc32)c1)c1ccc2c3ccccc3n(-c3ccccc3)c2c1.Nc1ccc(-c2ccccc2)cc1. The van der Waals surface area contributed by atoms with Crippen molar-refractivity contribution in [3.05, 3.63) is 289 Å². The van der Waals surface area contributed by atoms with Gasteiger partial charge < -0.3 is 10.3 Å². The first-order valence-corrected chi connectivity index (χ1v) is 21.5. The van der Waals surface area contributed by atoms with Crippen molar-refractivity contribution in [2.24, 2.45) is 0 Å². The highest BCUT2D eigenvalue weighted by Crippen LogP contribution is 2.56. The van der Waals surface area contributed by atoms with Gasteiger partial charge in [-0.05, 0) is 97.6 Å². The van der Waals surface area contributed by atoms with Crippen LogP contribution in [-0.4, -0.2) is 4.57 Å². The monoisotopic (exact) mass is 806 g/mol. The summed E-state index contributed by atoms with van der Waals surface area (Å²) in [6, 6.07) is 82.1. The topological polar surface area (TPSA) is 30.9 Å². The largest absolute Gasteiger partial charge is 0.399 e. The van der Waals surface area contributed by atoms with Crippen molar-refractivity contribution in [2.45, 2.75) is 5.41 Å². The Morgan fingerprint density at radius 2 is 1.05 bits per heavy atom. The molecule has 0 bridgehead atoms. The molecule has 0 unspecified atom stereocenters. The van der Waals surface area contributed by atoms with Crippen molar-refractivity contribution in [2.75, 3.05) is 5.73 Å². The first kappa shape index (κ1) is 39.0. The summed E-state index contributed by atoms with van der Waals surface area (Å²) in [6.07, 6.45) is 8.44. The van der Waals surface area contributed by atoms with E-state index < -0.39 is 5.41 Å². The molecule has 0 saturated heterocycles. The molecular weight excluding hydrogens is 761 g/mol. The summed E-state index contributed by atoms with van der Waals surface area (Å²) in [6.45, 7) is 4.08. The van der Waals surface area contributed by atoms with Gasteiger partial charge in [-0.25, -0.2) is 0 Å². The first-order valence-electron chi connectivity index (χ1n) is 21.5. The van der Waals surface area contributed by atoms with E-state index in [1.165, 1.54) is 66.3 Å². The van der Waals surface area contributed by atoms with E-state index in [1.54, 1.807) is 0 Å². The van der Waals surface area contributed by atoms with Crippen LogP contribution in [0.2, 0.25) is 0 Å². The van der Waals surface area contributed by atoms with Crippen molar-refractivity contribution in [1.29, 1.82) is 0 Å². The number of para-hydroxylation sites is 2. The van der Waals surface area contributed by atoms with Crippen LogP contribution in [0.5, 0.6) is 0 Å². The van der Waals surface area contributed by atoms with E-state index in [9.17, 15) is 0 Å². The fourth-order valence-electron chi connectivity index (χ4n) is 9.46. The highest BCUT2D eigenvalue weighted by molar-refractivity contribution is 6.10. The van der Waals surface area contributed by atoms with Gasteiger partial charge in [-0.3, -0.25) is 0 Å². The summed E-state index contributed by atoms with van der Waals surface area (Å²) in [5.41, 5.74) is 23.1. The number of allylic oxidation sites excluding steroid dienone is 4. The number of aromatic nitrogens is 1. The van der Waals surface area contributed by atoms with E-state index in [0.29, 0.717) is 0 Å². The molecule has 11 rings (SSSR count). The van der Waals surface area contributed by atoms with Crippen molar-refractivity contribution >= 4 is 39.1 Å². The number of hydrogen-bond donors (Lipinski definition) is 1. The molecule has 0 aliphatic heterocycles. The summed E-state index contributed by atoms with van der Waals surface area (Å²) < 4.78 is 2.37. The number of rotatable bonds is 8. The van der Waals surface area contributed by atoms with Crippen LogP contribution < -0.4 is 5.73 Å². The summed E-state index contributed by atoms with van der Waals surface area (Å²) in [4.78, 5) is 0. The van der Waals surface area contributed by atoms with Gasteiger partial charge in [0.15, 0.2) is 0 Å². The molecule has 63 heavy (non-hydrogen) atoms. The Kier molecular flexibility index (Phi) is 10.5. The van der Waals surface area contributed by atoms with Crippen molar-refractivity contribution < 1.29 is 0 Å². The Hall–Kier alpha value is -8.20. The quantitative estimate of drug-likeness (QED) is 0.120. The Bertz CT molecular complexity index is 3230. The van der Waals surface area contributed by atoms with E-state index in [0.717, 1.165) is 28.1 Å². The van der Waals surface area contributed by atoms with E-state index in [1.807, 2.05) is 48.5 Å². The number of fused-ring (bicyclic) bond motifs is 6. The van der Waals surface area contributed by atoms with Gasteiger partial charge in [-0.15, -0.1) is 0 Å². The van der Waals surface area contributed by atoms with Gasteiger partial charge in [0.1, 0.15) is 0 Å². The lowest BCUT2D eigenvalue weighted by molar-refractivity contribution is 0.768. The maximum absolute atomic E-state index is 5.60. The number of nitrogens with two attached hydrogens (primary N) is 1. The molecule has 2 N–H and O–H groups in total. The predicted octanol–water partition coefficient (Wildman–Crippen LogP) is 15.4. The van der Waals surface area contributed by atoms with Crippen LogP contribution in [0.1, 0.15) is 33.4 Å². The first-order chi connectivity index (χ1) is 31.1. The third-order valence-corrected chi connectivity index (χ3v) is 12.3. The summed E-state index contributed by atoms with van der Waals surface area (Å²) in [7, 11) is 0. The molecule has 0 fully saturated rings. The molecule has 0 atom stereocenters. The molecule has 2 heteroatoms. The second-order valence-corrected chi connectivity index (χ2v) is 15.9. The van der Waals surface area contributed by atoms with Gasteiger partial charge in [-0.1, -0.05) is 225 Å². The van der Waals surface area contributed by atoms with Crippen LogP contribution in [-0.2, 0) is 5.41 Å². The van der Waals surface area contributed by atoms with Crippen LogP contribution in [0.25, 0.3) is 61.4 Å². The maximum Gasteiger partial charge on any atom is 0.0713 e. The highest BCUT2D eigenvalue weighted by atomic mass is 15.0. The van der Waals surface area contributed by atoms with E-state index in [2.05, 4.69) is 217 Å². The second kappa shape index (κ2) is 17.0. The normalized spacial score (nSPS) is 12.7. The zero-order valence-corrected chi connectivity index (χ0v) is 35.0. The fraction of sp³-hybridized carbons (Fsp3) is 0.0164. The minimum absolute atomic E-state index is 0.423. The van der Waals surface area contributed by atoms with E-state index >= 15 is 0 Å². The average Bonchev–Trinajstić information content (AvgIpc) is 3.85. The predicted molar refractivity (Wildman–Crippen MR) is 268 cm³/mol. The molecule has 1 heterocycles. The van der Waals surface area contributed by atoms with Crippen LogP contribution in [0.3, 0.4) is 0 Å². The van der Waals surface area contributed by atoms with Crippen molar-refractivity contribution in [3.63, 3.8) is 0 Å². The molecule has 0 radical (unpaired) electrons. The molecule has 0 saturated carbocycles. The highest BCUT2D eigenvalue weighted by Gasteiger charge is 2.45. The zero-order chi connectivity index (χ0) is 42.6. The third kappa shape index (κ3) is 7.18. The molecule has 1 aliphatic carbocycles. The smallest absolute Gasteiger partial charge is 0.0713 e. The third-order valence-electron chi connectivity index (χ3n) is 12.3.